The topological polar surface area (TPSA) is 101 Å². The second-order valence-corrected chi connectivity index (χ2v) is 12.5. The van der Waals surface area contributed by atoms with E-state index in [4.69, 9.17) is 4.74 Å². The minimum Gasteiger partial charge on any atom is -0.348 e. The number of nitrogens with zero attached hydrogens (tertiary/aromatic N) is 4. The van der Waals surface area contributed by atoms with E-state index >= 15 is 4.39 Å². The van der Waals surface area contributed by atoms with Crippen LogP contribution in [-0.2, 0) is 20.7 Å². The minimum atomic E-state index is -1.32. The van der Waals surface area contributed by atoms with Crippen LogP contribution < -0.4 is 10.6 Å². The average Bonchev–Trinajstić information content (AvgIpc) is 3.53. The normalized spacial score (nSPS) is 37.5. The first-order valence-corrected chi connectivity index (χ1v) is 15.0. The highest BCUT2D eigenvalue weighted by Gasteiger charge is 2.60. The molecule has 3 saturated heterocycles. The van der Waals surface area contributed by atoms with Gasteiger partial charge in [0.25, 0.3) is 0 Å². The van der Waals surface area contributed by atoms with Gasteiger partial charge in [-0.15, -0.1) is 0 Å². The molecule has 8 atom stereocenters. The van der Waals surface area contributed by atoms with E-state index in [1.54, 1.807) is 4.90 Å². The lowest BCUT2D eigenvalue weighted by Crippen LogP contribution is -2.74. The van der Waals surface area contributed by atoms with Crippen molar-refractivity contribution < 1.29 is 18.7 Å². The number of carbonyl (C=O) groups excluding carboxylic acids is 2. The number of halogens is 1. The zero-order valence-corrected chi connectivity index (χ0v) is 23.8. The number of Topliss-reactive ketones (excluding diaryl/α,β-unsaturated/α-hetero) is 1. The summed E-state index contributed by atoms with van der Waals surface area (Å²) in [5, 5.41) is 16.6. The molecule has 7 unspecified atom stereocenters. The predicted molar refractivity (Wildman–Crippen MR) is 151 cm³/mol. The van der Waals surface area contributed by atoms with E-state index in [0.29, 0.717) is 57.1 Å². The van der Waals surface area contributed by atoms with Gasteiger partial charge in [0.05, 0.1) is 42.8 Å². The number of ketones is 1. The van der Waals surface area contributed by atoms with Crippen LogP contribution in [0.1, 0.15) is 49.4 Å². The van der Waals surface area contributed by atoms with Crippen molar-refractivity contribution in [3.8, 4) is 6.07 Å². The van der Waals surface area contributed by atoms with Gasteiger partial charge in [0.15, 0.2) is 12.1 Å². The summed E-state index contributed by atoms with van der Waals surface area (Å²) < 4.78 is 22.5. The zero-order valence-electron chi connectivity index (χ0n) is 23.8. The number of piperazine rings is 1. The molecule has 3 aliphatic heterocycles. The molecule has 220 valence electrons. The van der Waals surface area contributed by atoms with Crippen molar-refractivity contribution in [1.82, 2.24) is 25.3 Å². The number of alkyl halides is 1. The molecule has 1 spiro atoms. The Bertz CT molecular complexity index is 1220. The summed E-state index contributed by atoms with van der Waals surface area (Å²) in [6, 6.07) is 9.23. The van der Waals surface area contributed by atoms with E-state index in [1.807, 2.05) is 24.3 Å². The van der Waals surface area contributed by atoms with Crippen LogP contribution in [0, 0.1) is 22.7 Å². The number of hydrogen-bond acceptors (Lipinski definition) is 8. The molecule has 10 heteroatoms. The van der Waals surface area contributed by atoms with Gasteiger partial charge in [-0.3, -0.25) is 25.1 Å². The third-order valence-corrected chi connectivity index (χ3v) is 10.3. The predicted octanol–water partition coefficient (Wildman–Crippen LogP) is 2.11. The Morgan fingerprint density at radius 1 is 1.24 bits per heavy atom. The van der Waals surface area contributed by atoms with Gasteiger partial charge in [-0.2, -0.15) is 5.26 Å². The number of fused-ring (bicyclic) bond motifs is 2. The minimum absolute atomic E-state index is 0.0652. The molecule has 2 aliphatic carbocycles. The van der Waals surface area contributed by atoms with Crippen molar-refractivity contribution in [1.29, 1.82) is 5.26 Å². The maximum absolute atomic E-state index is 16.1. The number of ether oxygens (including phenoxy) is 1. The van der Waals surface area contributed by atoms with Crippen molar-refractivity contribution in [3.63, 3.8) is 0 Å². The van der Waals surface area contributed by atoms with Gasteiger partial charge < -0.3 is 14.5 Å². The van der Waals surface area contributed by atoms with E-state index in [0.717, 1.165) is 24.9 Å². The highest BCUT2D eigenvalue weighted by Crippen LogP contribution is 2.55. The van der Waals surface area contributed by atoms with Crippen LogP contribution in [0.2, 0.25) is 0 Å². The summed E-state index contributed by atoms with van der Waals surface area (Å²) in [5.41, 5.74) is 0.509. The second kappa shape index (κ2) is 11.5. The number of likely N-dealkylation sites (N-methyl/N-ethyl adjacent to an activating group) is 1. The zero-order chi connectivity index (χ0) is 28.7. The van der Waals surface area contributed by atoms with Crippen molar-refractivity contribution >= 4 is 11.7 Å². The molecule has 0 radical (unpaired) electrons. The van der Waals surface area contributed by atoms with Crippen molar-refractivity contribution in [3.05, 3.63) is 48.0 Å². The number of nitrogens with one attached hydrogen (secondary N) is 2. The van der Waals surface area contributed by atoms with Gasteiger partial charge in [-0.05, 0) is 62.9 Å². The third-order valence-electron chi connectivity index (χ3n) is 10.3. The standard InChI is InChI=1S/C31H41FN6O3/c1-3-25(39)38-16-15-37(18-21(38)11-13-33)29-24-10-12-31(17-20-7-4-5-9-23(20)27(31)32)28(40)26(24)34-30(35-29)41-19-22-8-6-14-36(22)2/h3-5,7,9,21-22,24,26-27,29-30,34-35H,1,6,8,10-12,14-19H2,2H3/t21?,22?,24?,26?,27?,29?,30?,31-/m0/s1. The first-order valence-electron chi connectivity index (χ1n) is 15.0. The molecule has 1 saturated carbocycles. The fourth-order valence-corrected chi connectivity index (χ4v) is 8.03. The highest BCUT2D eigenvalue weighted by atomic mass is 19.1. The van der Waals surface area contributed by atoms with Gasteiger partial charge >= 0.3 is 0 Å². The molecular weight excluding hydrogens is 523 g/mol. The largest absolute Gasteiger partial charge is 0.348 e. The molecule has 1 amide bonds. The van der Waals surface area contributed by atoms with Gasteiger partial charge in [0.1, 0.15) is 6.17 Å². The number of rotatable bonds is 6. The number of likely N-dealkylation sites (tertiary alicyclic amines) is 1. The molecule has 3 heterocycles. The maximum Gasteiger partial charge on any atom is 0.246 e. The average molecular weight is 565 g/mol. The summed E-state index contributed by atoms with van der Waals surface area (Å²) in [6.45, 7) is 6.77. The summed E-state index contributed by atoms with van der Waals surface area (Å²) >= 11 is 0. The number of benzene rings is 1. The van der Waals surface area contributed by atoms with Gasteiger partial charge in [0.2, 0.25) is 5.91 Å². The fraction of sp³-hybridized carbons (Fsp3) is 0.645. The monoisotopic (exact) mass is 564 g/mol. The lowest BCUT2D eigenvalue weighted by molar-refractivity contribution is -0.156. The molecule has 1 aromatic rings. The maximum atomic E-state index is 16.1. The fourth-order valence-electron chi connectivity index (χ4n) is 8.03. The van der Waals surface area contributed by atoms with E-state index in [1.165, 1.54) is 6.08 Å². The van der Waals surface area contributed by atoms with Gasteiger partial charge in [-0.1, -0.05) is 30.8 Å². The second-order valence-electron chi connectivity index (χ2n) is 12.5. The highest BCUT2D eigenvalue weighted by molar-refractivity contribution is 5.93. The molecule has 0 aromatic heterocycles. The molecule has 2 N–H and O–H groups in total. The van der Waals surface area contributed by atoms with Crippen molar-refractivity contribution in [2.75, 3.05) is 39.8 Å². The smallest absolute Gasteiger partial charge is 0.246 e. The number of hydrogen-bond donors (Lipinski definition) is 2. The Kier molecular flexibility index (Phi) is 8.00. The van der Waals surface area contributed by atoms with Crippen molar-refractivity contribution in [2.24, 2.45) is 11.3 Å². The lowest BCUT2D eigenvalue weighted by Gasteiger charge is -2.54. The Labute approximate surface area is 241 Å². The Balaban J connectivity index is 1.25. The quantitative estimate of drug-likeness (QED) is 0.507. The molecule has 0 bridgehead atoms. The Hall–Kier alpha value is -2.68. The molecular formula is C31H41FN6O3. The molecule has 1 aromatic carbocycles. The SMILES string of the molecule is C=CC(=O)N1CCN(C2NC(OCC3CCCN3C)NC3C(=O)[C@@]4(CCC32)Cc2ccccc2C4F)CC1CC#N. The molecule has 5 aliphatic rings. The molecule has 41 heavy (non-hydrogen) atoms. The van der Waals surface area contributed by atoms with E-state index in [9.17, 15) is 14.9 Å². The summed E-state index contributed by atoms with van der Waals surface area (Å²) in [4.78, 5) is 33.2. The molecule has 4 fully saturated rings. The van der Waals surface area contributed by atoms with Crippen LogP contribution in [0.3, 0.4) is 0 Å². The van der Waals surface area contributed by atoms with Gasteiger partial charge in [-0.25, -0.2) is 4.39 Å². The summed E-state index contributed by atoms with van der Waals surface area (Å²) in [6.07, 6.45) is 3.21. The molecule has 9 nitrogen and oxygen atoms in total. The number of carbonyl (C=O) groups is 2. The summed E-state index contributed by atoms with van der Waals surface area (Å²) in [5.74, 6) is -0.334. The van der Waals surface area contributed by atoms with Crippen LogP contribution in [0.25, 0.3) is 0 Å². The van der Waals surface area contributed by atoms with E-state index < -0.39 is 24.0 Å². The van der Waals surface area contributed by atoms with Crippen LogP contribution in [0.15, 0.2) is 36.9 Å². The van der Waals surface area contributed by atoms with Gasteiger partial charge in [0, 0.05) is 31.6 Å². The van der Waals surface area contributed by atoms with Crippen molar-refractivity contribution in [2.45, 2.75) is 75.3 Å². The van der Waals surface area contributed by atoms with E-state index in [-0.39, 0.29) is 36.2 Å². The summed E-state index contributed by atoms with van der Waals surface area (Å²) in [7, 11) is 2.11. The van der Waals surface area contributed by atoms with Crippen LogP contribution in [0.4, 0.5) is 4.39 Å². The first-order chi connectivity index (χ1) is 19.9. The molecule has 6 rings (SSSR count). The number of amides is 1. The van der Waals surface area contributed by atoms with Crippen LogP contribution in [0.5, 0.6) is 0 Å². The van der Waals surface area contributed by atoms with Crippen LogP contribution in [-0.4, -0.2) is 96.9 Å². The Morgan fingerprint density at radius 3 is 2.80 bits per heavy atom. The number of nitriles is 1. The third kappa shape index (κ3) is 5.02. The first kappa shape index (κ1) is 28.4. The Morgan fingerprint density at radius 2 is 2.07 bits per heavy atom. The van der Waals surface area contributed by atoms with Crippen LogP contribution >= 0.6 is 0 Å². The lowest BCUT2D eigenvalue weighted by atomic mass is 9.63. The van der Waals surface area contributed by atoms with E-state index in [2.05, 4.69) is 40.1 Å².